The fraction of sp³-hybridized carbons (Fsp3) is 0.421. The smallest absolute Gasteiger partial charge is 0.254 e. The molecule has 0 unspecified atom stereocenters. The number of hydrogen-bond acceptors (Lipinski definition) is 4. The number of halogens is 1. The molecule has 2 aliphatic heterocycles. The molecule has 0 N–H and O–H groups in total. The number of aryl methyl sites for hydroxylation is 1. The van der Waals surface area contributed by atoms with E-state index in [-0.39, 0.29) is 11.7 Å². The van der Waals surface area contributed by atoms with Crippen molar-refractivity contribution >= 4 is 11.7 Å². The van der Waals surface area contributed by atoms with Crippen LogP contribution in [0.15, 0.2) is 24.3 Å². The summed E-state index contributed by atoms with van der Waals surface area (Å²) >= 11 is 0. The van der Waals surface area contributed by atoms with E-state index < -0.39 is 0 Å². The van der Waals surface area contributed by atoms with Crippen molar-refractivity contribution in [1.29, 1.82) is 0 Å². The van der Waals surface area contributed by atoms with Crippen LogP contribution >= 0.6 is 0 Å². The van der Waals surface area contributed by atoms with Gasteiger partial charge >= 0.3 is 0 Å². The van der Waals surface area contributed by atoms with Gasteiger partial charge in [0.2, 0.25) is 0 Å². The molecule has 5 nitrogen and oxygen atoms in total. The van der Waals surface area contributed by atoms with E-state index >= 15 is 0 Å². The number of carbonyl (C=O) groups excluding carboxylic acids is 1. The molecule has 2 aliphatic rings. The predicted octanol–water partition coefficient (Wildman–Crippen LogP) is 2.72. The molecule has 2 aromatic rings. The Balaban J connectivity index is 1.65. The van der Waals surface area contributed by atoms with Gasteiger partial charge in [0, 0.05) is 37.2 Å². The van der Waals surface area contributed by atoms with Crippen LogP contribution in [-0.4, -0.2) is 40.4 Å². The lowest BCUT2D eigenvalue weighted by molar-refractivity contribution is 0.0733. The van der Waals surface area contributed by atoms with Crippen LogP contribution in [0.4, 0.5) is 10.2 Å². The number of amides is 1. The molecule has 0 aliphatic carbocycles. The minimum atomic E-state index is -0.389. The fourth-order valence-corrected chi connectivity index (χ4v) is 3.69. The molecule has 1 amide bonds. The summed E-state index contributed by atoms with van der Waals surface area (Å²) in [5.74, 6) is 1.22. The topological polar surface area (TPSA) is 49.3 Å². The van der Waals surface area contributed by atoms with Gasteiger partial charge in [0.25, 0.3) is 5.91 Å². The molecular formula is C19H21FN4O. The Kier molecular flexibility index (Phi) is 4.11. The number of rotatable bonds is 2. The second-order valence-corrected chi connectivity index (χ2v) is 6.70. The predicted molar refractivity (Wildman–Crippen MR) is 93.1 cm³/mol. The zero-order chi connectivity index (χ0) is 17.4. The third-order valence-electron chi connectivity index (χ3n) is 4.91. The van der Waals surface area contributed by atoms with Crippen molar-refractivity contribution in [3.05, 3.63) is 52.7 Å². The maximum atomic E-state index is 13.4. The summed E-state index contributed by atoms with van der Waals surface area (Å²) < 4.78 is 13.4. The van der Waals surface area contributed by atoms with Crippen LogP contribution in [0.5, 0.6) is 0 Å². The molecule has 1 aromatic carbocycles. The monoisotopic (exact) mass is 340 g/mol. The quantitative estimate of drug-likeness (QED) is 0.843. The molecule has 0 radical (unpaired) electrons. The van der Waals surface area contributed by atoms with Crippen molar-refractivity contribution in [3.63, 3.8) is 0 Å². The summed E-state index contributed by atoms with van der Waals surface area (Å²) in [6, 6.07) is 5.88. The fourth-order valence-electron chi connectivity index (χ4n) is 3.69. The molecule has 0 atom stereocenters. The summed E-state index contributed by atoms with van der Waals surface area (Å²) in [7, 11) is 0. The average Bonchev–Trinajstić information content (AvgIpc) is 3.14. The molecule has 0 spiro atoms. The van der Waals surface area contributed by atoms with Crippen molar-refractivity contribution < 1.29 is 9.18 Å². The van der Waals surface area contributed by atoms with Gasteiger partial charge in [-0.2, -0.15) is 0 Å². The molecule has 1 fully saturated rings. The molecule has 130 valence electrons. The molecule has 0 saturated carbocycles. The maximum absolute atomic E-state index is 13.4. The molecule has 1 saturated heterocycles. The lowest BCUT2D eigenvalue weighted by Gasteiger charge is -2.31. The Bertz CT molecular complexity index is 817. The van der Waals surface area contributed by atoms with Crippen molar-refractivity contribution in [1.82, 2.24) is 14.9 Å². The third kappa shape index (κ3) is 3.08. The van der Waals surface area contributed by atoms with Gasteiger partial charge < -0.3 is 9.80 Å². The Morgan fingerprint density at radius 1 is 1.16 bits per heavy atom. The van der Waals surface area contributed by atoms with Crippen molar-refractivity contribution in [2.45, 2.75) is 32.7 Å². The highest BCUT2D eigenvalue weighted by molar-refractivity contribution is 5.94. The minimum absolute atomic E-state index is 0.141. The van der Waals surface area contributed by atoms with E-state index in [2.05, 4.69) is 14.9 Å². The number of aromatic nitrogens is 2. The standard InChI is InChI=1S/C19H21FN4O/c1-13-21-17-7-10-24(19(25)14-5-4-6-15(20)11-14)12-16(17)18(22-13)23-8-2-3-9-23/h4-6,11H,2-3,7-10,12H2,1H3. The number of nitrogens with zero attached hydrogens (tertiary/aromatic N) is 4. The van der Waals surface area contributed by atoms with E-state index in [4.69, 9.17) is 0 Å². The lowest BCUT2D eigenvalue weighted by Crippen LogP contribution is -2.38. The first kappa shape index (κ1) is 16.0. The zero-order valence-electron chi connectivity index (χ0n) is 14.3. The number of fused-ring (bicyclic) bond motifs is 1. The van der Waals surface area contributed by atoms with Crippen LogP contribution in [-0.2, 0) is 13.0 Å². The SMILES string of the molecule is Cc1nc2c(c(N3CCCC3)n1)CN(C(=O)c1cccc(F)c1)CC2. The number of hydrogen-bond donors (Lipinski definition) is 0. The zero-order valence-corrected chi connectivity index (χ0v) is 14.3. The molecule has 0 bridgehead atoms. The lowest BCUT2D eigenvalue weighted by atomic mass is 10.0. The van der Waals surface area contributed by atoms with Crippen LogP contribution < -0.4 is 4.90 Å². The van der Waals surface area contributed by atoms with E-state index in [0.717, 1.165) is 36.0 Å². The van der Waals surface area contributed by atoms with Gasteiger partial charge in [-0.1, -0.05) is 6.07 Å². The van der Waals surface area contributed by atoms with Gasteiger partial charge in [-0.3, -0.25) is 4.79 Å². The Morgan fingerprint density at radius 2 is 1.96 bits per heavy atom. The van der Waals surface area contributed by atoms with Crippen LogP contribution in [0, 0.1) is 12.7 Å². The minimum Gasteiger partial charge on any atom is -0.356 e. The highest BCUT2D eigenvalue weighted by atomic mass is 19.1. The molecule has 4 rings (SSSR count). The van der Waals surface area contributed by atoms with Crippen LogP contribution in [0.1, 0.15) is 40.3 Å². The molecule has 3 heterocycles. The van der Waals surface area contributed by atoms with Gasteiger partial charge in [0.1, 0.15) is 17.5 Å². The molecular weight excluding hydrogens is 319 g/mol. The normalized spacial score (nSPS) is 16.9. The first-order valence-electron chi connectivity index (χ1n) is 8.78. The number of benzene rings is 1. The van der Waals surface area contributed by atoms with Gasteiger partial charge in [0.05, 0.1) is 12.2 Å². The van der Waals surface area contributed by atoms with Crippen molar-refractivity contribution in [3.8, 4) is 0 Å². The highest BCUT2D eigenvalue weighted by Crippen LogP contribution is 2.29. The van der Waals surface area contributed by atoms with Crippen molar-refractivity contribution in [2.24, 2.45) is 0 Å². The summed E-state index contributed by atoms with van der Waals surface area (Å²) in [6.45, 7) is 5.00. The highest BCUT2D eigenvalue weighted by Gasteiger charge is 2.28. The molecule has 25 heavy (non-hydrogen) atoms. The van der Waals surface area contributed by atoms with E-state index in [0.29, 0.717) is 25.1 Å². The van der Waals surface area contributed by atoms with Gasteiger partial charge in [-0.25, -0.2) is 14.4 Å². The summed E-state index contributed by atoms with van der Waals surface area (Å²) in [4.78, 5) is 26.1. The van der Waals surface area contributed by atoms with Crippen molar-refractivity contribution in [2.75, 3.05) is 24.5 Å². The second kappa shape index (κ2) is 6.43. The Hall–Kier alpha value is -2.50. The average molecular weight is 340 g/mol. The number of carbonyl (C=O) groups is 1. The molecule has 6 heteroatoms. The third-order valence-corrected chi connectivity index (χ3v) is 4.91. The van der Waals surface area contributed by atoms with Crippen LogP contribution in [0.3, 0.4) is 0 Å². The number of anilines is 1. The summed E-state index contributed by atoms with van der Waals surface area (Å²) in [5.41, 5.74) is 2.47. The van der Waals surface area contributed by atoms with Gasteiger partial charge in [-0.15, -0.1) is 0 Å². The van der Waals surface area contributed by atoms with E-state index in [1.165, 1.54) is 25.0 Å². The largest absolute Gasteiger partial charge is 0.356 e. The summed E-state index contributed by atoms with van der Waals surface area (Å²) in [5, 5.41) is 0. The first-order chi connectivity index (χ1) is 12.1. The summed E-state index contributed by atoms with van der Waals surface area (Å²) in [6.07, 6.45) is 3.05. The van der Waals surface area contributed by atoms with E-state index in [9.17, 15) is 9.18 Å². The van der Waals surface area contributed by atoms with Gasteiger partial charge in [0.15, 0.2) is 0 Å². The molecule has 1 aromatic heterocycles. The van der Waals surface area contributed by atoms with Crippen LogP contribution in [0.25, 0.3) is 0 Å². The second-order valence-electron chi connectivity index (χ2n) is 6.70. The van der Waals surface area contributed by atoms with Gasteiger partial charge in [-0.05, 0) is 38.0 Å². The first-order valence-corrected chi connectivity index (χ1v) is 8.78. The Morgan fingerprint density at radius 3 is 2.72 bits per heavy atom. The maximum Gasteiger partial charge on any atom is 0.254 e. The van der Waals surface area contributed by atoms with E-state index in [1.54, 1.807) is 17.0 Å². The van der Waals surface area contributed by atoms with E-state index in [1.807, 2.05) is 6.92 Å². The van der Waals surface area contributed by atoms with Crippen LogP contribution in [0.2, 0.25) is 0 Å². The Labute approximate surface area is 146 Å².